The summed E-state index contributed by atoms with van der Waals surface area (Å²) in [6.45, 7) is 0. The van der Waals surface area contributed by atoms with Crippen LogP contribution in [-0.4, -0.2) is 10.1 Å². The third-order valence-corrected chi connectivity index (χ3v) is 2.79. The van der Waals surface area contributed by atoms with E-state index in [1.54, 1.807) is 36.8 Å². The summed E-state index contributed by atoms with van der Waals surface area (Å²) in [6.07, 6.45) is 3.09. The van der Waals surface area contributed by atoms with Crippen molar-refractivity contribution in [3.05, 3.63) is 41.8 Å². The van der Waals surface area contributed by atoms with Crippen LogP contribution in [0.5, 0.6) is 0 Å². The molecule has 0 radical (unpaired) electrons. The van der Waals surface area contributed by atoms with E-state index >= 15 is 0 Å². The Balaban J connectivity index is 2.00. The number of nitrogen functional groups attached to an aromatic ring is 1. The average molecular weight is 262 g/mol. The largest absolute Gasteiger partial charge is 0.472 e. The van der Waals surface area contributed by atoms with E-state index in [9.17, 15) is 0 Å². The van der Waals surface area contributed by atoms with Crippen LogP contribution in [0, 0.1) is 0 Å². The van der Waals surface area contributed by atoms with Gasteiger partial charge in [-0.2, -0.15) is 4.98 Å². The van der Waals surface area contributed by atoms with Gasteiger partial charge in [0, 0.05) is 5.56 Å². The van der Waals surface area contributed by atoms with Gasteiger partial charge >= 0.3 is 0 Å². The number of benzene rings is 1. The van der Waals surface area contributed by atoms with Crippen LogP contribution >= 0.6 is 11.6 Å². The first kappa shape index (κ1) is 10.9. The first-order valence-corrected chi connectivity index (χ1v) is 5.53. The molecule has 0 saturated carbocycles. The van der Waals surface area contributed by atoms with Gasteiger partial charge < -0.3 is 14.7 Å². The molecule has 2 heterocycles. The van der Waals surface area contributed by atoms with Crippen molar-refractivity contribution in [3.8, 4) is 22.8 Å². The van der Waals surface area contributed by atoms with Gasteiger partial charge in [0.05, 0.1) is 22.5 Å². The minimum Gasteiger partial charge on any atom is -0.472 e. The summed E-state index contributed by atoms with van der Waals surface area (Å²) in [5.41, 5.74) is 7.67. The second-order valence-electron chi connectivity index (χ2n) is 3.67. The van der Waals surface area contributed by atoms with E-state index in [-0.39, 0.29) is 0 Å². The normalized spacial score (nSPS) is 10.7. The molecule has 2 aromatic heterocycles. The Kier molecular flexibility index (Phi) is 2.53. The van der Waals surface area contributed by atoms with Crippen molar-refractivity contribution < 1.29 is 8.94 Å². The maximum absolute atomic E-state index is 5.85. The highest BCUT2D eigenvalue weighted by Crippen LogP contribution is 2.27. The van der Waals surface area contributed by atoms with Crippen LogP contribution in [0.15, 0.2) is 45.7 Å². The predicted molar refractivity (Wildman–Crippen MR) is 66.9 cm³/mol. The summed E-state index contributed by atoms with van der Waals surface area (Å²) < 4.78 is 10.1. The Labute approximate surface area is 107 Å². The van der Waals surface area contributed by atoms with Crippen LogP contribution in [0.25, 0.3) is 22.8 Å². The van der Waals surface area contributed by atoms with Crippen molar-refractivity contribution in [2.75, 3.05) is 5.73 Å². The van der Waals surface area contributed by atoms with Crippen molar-refractivity contribution in [1.29, 1.82) is 0 Å². The minimum absolute atomic E-state index is 0.384. The van der Waals surface area contributed by atoms with Gasteiger partial charge in [-0.05, 0) is 24.3 Å². The average Bonchev–Trinajstić information content (AvgIpc) is 3.01. The molecule has 18 heavy (non-hydrogen) atoms. The van der Waals surface area contributed by atoms with Gasteiger partial charge in [-0.1, -0.05) is 16.8 Å². The number of hydrogen-bond acceptors (Lipinski definition) is 5. The molecule has 0 aliphatic heterocycles. The molecule has 0 aliphatic carbocycles. The molecule has 0 amide bonds. The Hall–Kier alpha value is -2.27. The highest BCUT2D eigenvalue weighted by Gasteiger charge is 2.12. The van der Waals surface area contributed by atoms with E-state index in [0.29, 0.717) is 22.4 Å². The third-order valence-electron chi connectivity index (χ3n) is 2.45. The van der Waals surface area contributed by atoms with Crippen LogP contribution < -0.4 is 5.73 Å². The molecule has 5 nitrogen and oxygen atoms in total. The Morgan fingerprint density at radius 3 is 2.78 bits per heavy atom. The van der Waals surface area contributed by atoms with Crippen LogP contribution in [0.2, 0.25) is 5.02 Å². The summed E-state index contributed by atoms with van der Waals surface area (Å²) in [4.78, 5) is 4.26. The lowest BCUT2D eigenvalue weighted by Crippen LogP contribution is -1.87. The lowest BCUT2D eigenvalue weighted by atomic mass is 10.2. The maximum atomic E-state index is 5.85. The van der Waals surface area contributed by atoms with Gasteiger partial charge in [-0.3, -0.25) is 0 Å². The zero-order valence-corrected chi connectivity index (χ0v) is 9.89. The predicted octanol–water partition coefficient (Wildman–Crippen LogP) is 3.23. The molecule has 3 aromatic rings. The highest BCUT2D eigenvalue weighted by atomic mass is 35.5. The number of nitrogens with two attached hydrogens (primary N) is 1. The van der Waals surface area contributed by atoms with Crippen LogP contribution in [0.4, 0.5) is 5.69 Å². The minimum atomic E-state index is 0.384. The molecule has 0 fully saturated rings. The standard InChI is InChI=1S/C12H8ClN3O2/c13-9-2-1-7(5-10(9)14)12-15-11(16-18-12)8-3-4-17-6-8/h1-6H,14H2. The first-order valence-electron chi connectivity index (χ1n) is 5.16. The SMILES string of the molecule is Nc1cc(-c2nc(-c3ccoc3)no2)ccc1Cl. The lowest BCUT2D eigenvalue weighted by molar-refractivity contribution is 0.432. The number of aromatic nitrogens is 2. The molecule has 6 heteroatoms. The fourth-order valence-corrected chi connectivity index (χ4v) is 1.64. The Morgan fingerprint density at radius 2 is 2.06 bits per heavy atom. The fraction of sp³-hybridized carbons (Fsp3) is 0. The molecule has 3 rings (SSSR count). The van der Waals surface area contributed by atoms with E-state index in [1.807, 2.05) is 0 Å². The fourth-order valence-electron chi connectivity index (χ4n) is 1.53. The highest BCUT2D eigenvalue weighted by molar-refractivity contribution is 6.33. The van der Waals surface area contributed by atoms with Gasteiger partial charge in [0.25, 0.3) is 5.89 Å². The van der Waals surface area contributed by atoms with E-state index in [2.05, 4.69) is 10.1 Å². The van der Waals surface area contributed by atoms with Crippen LogP contribution in [0.1, 0.15) is 0 Å². The Bertz CT molecular complexity index is 676. The van der Waals surface area contributed by atoms with Crippen molar-refractivity contribution >= 4 is 17.3 Å². The molecule has 0 atom stereocenters. The second kappa shape index (κ2) is 4.19. The topological polar surface area (TPSA) is 78.1 Å². The number of hydrogen-bond donors (Lipinski definition) is 1. The number of rotatable bonds is 2. The summed E-state index contributed by atoms with van der Waals surface area (Å²) in [5.74, 6) is 0.849. The Morgan fingerprint density at radius 1 is 1.17 bits per heavy atom. The van der Waals surface area contributed by atoms with Crippen molar-refractivity contribution in [3.63, 3.8) is 0 Å². The number of halogens is 1. The summed E-state index contributed by atoms with van der Waals surface area (Å²) in [7, 11) is 0. The van der Waals surface area contributed by atoms with Crippen molar-refractivity contribution in [2.45, 2.75) is 0 Å². The van der Waals surface area contributed by atoms with E-state index in [0.717, 1.165) is 11.1 Å². The third kappa shape index (κ3) is 1.84. The van der Waals surface area contributed by atoms with Crippen molar-refractivity contribution in [2.24, 2.45) is 0 Å². The molecule has 0 bridgehead atoms. The zero-order valence-electron chi connectivity index (χ0n) is 9.13. The van der Waals surface area contributed by atoms with Gasteiger partial charge in [-0.25, -0.2) is 0 Å². The van der Waals surface area contributed by atoms with Gasteiger partial charge in [0.1, 0.15) is 6.26 Å². The molecular weight excluding hydrogens is 254 g/mol. The van der Waals surface area contributed by atoms with Crippen LogP contribution in [-0.2, 0) is 0 Å². The molecule has 0 saturated heterocycles. The zero-order chi connectivity index (χ0) is 12.5. The summed E-state index contributed by atoms with van der Waals surface area (Å²) in [5, 5.41) is 4.36. The second-order valence-corrected chi connectivity index (χ2v) is 4.08. The van der Waals surface area contributed by atoms with Gasteiger partial charge in [-0.15, -0.1) is 0 Å². The van der Waals surface area contributed by atoms with E-state index in [4.69, 9.17) is 26.3 Å². The monoisotopic (exact) mass is 261 g/mol. The molecule has 0 spiro atoms. The summed E-state index contributed by atoms with van der Waals surface area (Å²) >= 11 is 5.85. The van der Waals surface area contributed by atoms with Gasteiger partial charge in [0.2, 0.25) is 5.82 Å². The molecule has 90 valence electrons. The quantitative estimate of drug-likeness (QED) is 0.717. The molecular formula is C12H8ClN3O2. The summed E-state index contributed by atoms with van der Waals surface area (Å²) in [6, 6.07) is 6.90. The van der Waals surface area contributed by atoms with Crippen LogP contribution in [0.3, 0.4) is 0 Å². The van der Waals surface area contributed by atoms with Gasteiger partial charge in [0.15, 0.2) is 0 Å². The molecule has 0 unspecified atom stereocenters. The van der Waals surface area contributed by atoms with Crippen molar-refractivity contribution in [1.82, 2.24) is 10.1 Å². The maximum Gasteiger partial charge on any atom is 0.258 e. The molecule has 2 N–H and O–H groups in total. The molecule has 0 aliphatic rings. The number of furan rings is 1. The lowest BCUT2D eigenvalue weighted by Gasteiger charge is -1.98. The number of nitrogens with zero attached hydrogens (tertiary/aromatic N) is 2. The molecule has 1 aromatic carbocycles. The van der Waals surface area contributed by atoms with E-state index < -0.39 is 0 Å². The number of anilines is 1. The first-order chi connectivity index (χ1) is 8.74. The van der Waals surface area contributed by atoms with E-state index in [1.165, 1.54) is 0 Å². The smallest absolute Gasteiger partial charge is 0.258 e.